The van der Waals surface area contributed by atoms with Crippen LogP contribution in [0.1, 0.15) is 40.0 Å². The summed E-state index contributed by atoms with van der Waals surface area (Å²) >= 11 is 0. The Morgan fingerprint density at radius 2 is 2.09 bits per heavy atom. The number of amides is 2. The SMILES string of the molecule is COc1cc(NC(=O)CC(C)(C)C)ccc1N1CCCC1=O. The molecule has 2 rings (SSSR count). The van der Waals surface area contributed by atoms with E-state index in [0.717, 1.165) is 12.1 Å². The number of rotatable bonds is 4. The highest BCUT2D eigenvalue weighted by molar-refractivity contribution is 5.98. The molecule has 1 fully saturated rings. The Bertz CT molecular complexity index is 576. The van der Waals surface area contributed by atoms with Crippen LogP contribution in [0, 0.1) is 5.41 Å². The highest BCUT2D eigenvalue weighted by Crippen LogP contribution is 2.34. The highest BCUT2D eigenvalue weighted by Gasteiger charge is 2.24. The van der Waals surface area contributed by atoms with Gasteiger partial charge in [0, 0.05) is 31.1 Å². The van der Waals surface area contributed by atoms with Crippen molar-refractivity contribution >= 4 is 23.2 Å². The third-order valence-electron chi connectivity index (χ3n) is 3.52. The smallest absolute Gasteiger partial charge is 0.227 e. The minimum Gasteiger partial charge on any atom is -0.494 e. The van der Waals surface area contributed by atoms with Gasteiger partial charge in [-0.15, -0.1) is 0 Å². The monoisotopic (exact) mass is 304 g/mol. The van der Waals surface area contributed by atoms with E-state index < -0.39 is 0 Å². The van der Waals surface area contributed by atoms with Gasteiger partial charge in [0.2, 0.25) is 11.8 Å². The number of ether oxygens (including phenoxy) is 1. The van der Waals surface area contributed by atoms with Crippen molar-refractivity contribution in [3.05, 3.63) is 18.2 Å². The second kappa shape index (κ2) is 6.38. The molecule has 1 saturated heterocycles. The second-order valence-electron chi connectivity index (χ2n) is 6.82. The molecule has 1 aliphatic rings. The second-order valence-corrected chi connectivity index (χ2v) is 6.82. The third-order valence-corrected chi connectivity index (χ3v) is 3.52. The molecule has 0 aromatic heterocycles. The molecular weight excluding hydrogens is 280 g/mol. The van der Waals surface area contributed by atoms with Crippen LogP contribution in [0.5, 0.6) is 5.75 Å². The lowest BCUT2D eigenvalue weighted by atomic mass is 9.92. The standard InChI is InChI=1S/C17H24N2O3/c1-17(2,3)11-15(20)18-12-7-8-13(14(10-12)22-4)19-9-5-6-16(19)21/h7-8,10H,5-6,9,11H2,1-4H3,(H,18,20). The first kappa shape index (κ1) is 16.3. The summed E-state index contributed by atoms with van der Waals surface area (Å²) < 4.78 is 5.38. The number of hydrogen-bond donors (Lipinski definition) is 1. The van der Waals surface area contributed by atoms with Gasteiger partial charge in [0.15, 0.2) is 0 Å². The van der Waals surface area contributed by atoms with Crippen molar-refractivity contribution in [2.24, 2.45) is 5.41 Å². The van der Waals surface area contributed by atoms with Crippen molar-refractivity contribution in [3.8, 4) is 5.75 Å². The van der Waals surface area contributed by atoms with Crippen LogP contribution in [0.3, 0.4) is 0 Å². The number of nitrogens with zero attached hydrogens (tertiary/aromatic N) is 1. The Morgan fingerprint density at radius 3 is 2.64 bits per heavy atom. The predicted molar refractivity (Wildman–Crippen MR) is 87.3 cm³/mol. The molecule has 2 amide bonds. The first-order valence-electron chi connectivity index (χ1n) is 7.58. The summed E-state index contributed by atoms with van der Waals surface area (Å²) in [6.07, 6.45) is 1.89. The summed E-state index contributed by atoms with van der Waals surface area (Å²) in [4.78, 5) is 25.6. The molecule has 5 nitrogen and oxygen atoms in total. The third kappa shape index (κ3) is 4.00. The van der Waals surface area contributed by atoms with Gasteiger partial charge in [-0.1, -0.05) is 20.8 Å². The zero-order valence-electron chi connectivity index (χ0n) is 13.7. The Labute approximate surface area is 131 Å². The van der Waals surface area contributed by atoms with Crippen molar-refractivity contribution in [3.63, 3.8) is 0 Å². The minimum atomic E-state index is -0.0594. The quantitative estimate of drug-likeness (QED) is 0.929. The van der Waals surface area contributed by atoms with Crippen LogP contribution in [0.15, 0.2) is 18.2 Å². The van der Waals surface area contributed by atoms with Gasteiger partial charge < -0.3 is 15.0 Å². The number of carbonyl (C=O) groups excluding carboxylic acids is 2. The molecule has 1 aliphatic heterocycles. The molecule has 1 N–H and O–H groups in total. The first-order valence-corrected chi connectivity index (χ1v) is 7.58. The average Bonchev–Trinajstić information content (AvgIpc) is 2.82. The van der Waals surface area contributed by atoms with Crippen molar-refractivity contribution in [1.29, 1.82) is 0 Å². The molecular formula is C17H24N2O3. The molecule has 0 spiro atoms. The molecule has 0 radical (unpaired) electrons. The molecule has 1 aromatic rings. The zero-order valence-corrected chi connectivity index (χ0v) is 13.7. The molecule has 5 heteroatoms. The van der Waals surface area contributed by atoms with E-state index in [1.165, 1.54) is 0 Å². The summed E-state index contributed by atoms with van der Waals surface area (Å²) in [6.45, 7) is 6.78. The van der Waals surface area contributed by atoms with Crippen LogP contribution < -0.4 is 15.0 Å². The molecule has 0 saturated carbocycles. The van der Waals surface area contributed by atoms with Crippen LogP contribution in [0.2, 0.25) is 0 Å². The average molecular weight is 304 g/mol. The fourth-order valence-electron chi connectivity index (χ4n) is 2.57. The Kier molecular flexibility index (Phi) is 4.74. The Morgan fingerprint density at radius 1 is 1.36 bits per heavy atom. The summed E-state index contributed by atoms with van der Waals surface area (Å²) in [6, 6.07) is 5.40. The maximum Gasteiger partial charge on any atom is 0.227 e. The van der Waals surface area contributed by atoms with E-state index in [9.17, 15) is 9.59 Å². The molecule has 0 bridgehead atoms. The van der Waals surface area contributed by atoms with Crippen LogP contribution in [0.4, 0.5) is 11.4 Å². The van der Waals surface area contributed by atoms with Crippen molar-refractivity contribution < 1.29 is 14.3 Å². The molecule has 0 unspecified atom stereocenters. The Hall–Kier alpha value is -2.04. The summed E-state index contributed by atoms with van der Waals surface area (Å²) in [5.41, 5.74) is 1.39. The van der Waals surface area contributed by atoms with E-state index in [4.69, 9.17) is 4.74 Å². The summed E-state index contributed by atoms with van der Waals surface area (Å²) in [5.74, 6) is 0.686. The molecule has 120 valence electrons. The van der Waals surface area contributed by atoms with Gasteiger partial charge in [-0.05, 0) is 24.0 Å². The van der Waals surface area contributed by atoms with Gasteiger partial charge in [-0.2, -0.15) is 0 Å². The van der Waals surface area contributed by atoms with Crippen molar-refractivity contribution in [2.75, 3.05) is 23.9 Å². The molecule has 0 aliphatic carbocycles. The zero-order chi connectivity index (χ0) is 16.3. The van der Waals surface area contributed by atoms with Crippen LogP contribution in [-0.4, -0.2) is 25.5 Å². The van der Waals surface area contributed by atoms with Gasteiger partial charge >= 0.3 is 0 Å². The number of benzene rings is 1. The van der Waals surface area contributed by atoms with Crippen molar-refractivity contribution in [2.45, 2.75) is 40.0 Å². The predicted octanol–water partition coefficient (Wildman–Crippen LogP) is 3.20. The van der Waals surface area contributed by atoms with Gasteiger partial charge in [-0.25, -0.2) is 0 Å². The summed E-state index contributed by atoms with van der Waals surface area (Å²) in [7, 11) is 1.57. The maximum absolute atomic E-state index is 12.0. The number of carbonyl (C=O) groups is 2. The number of hydrogen-bond acceptors (Lipinski definition) is 3. The normalized spacial score (nSPS) is 15.1. The number of nitrogens with one attached hydrogen (secondary N) is 1. The molecule has 0 atom stereocenters. The number of methoxy groups -OCH3 is 1. The lowest BCUT2D eigenvalue weighted by molar-refractivity contribution is -0.118. The van der Waals surface area contributed by atoms with Gasteiger partial charge in [-0.3, -0.25) is 9.59 Å². The van der Waals surface area contributed by atoms with Gasteiger partial charge in [0.1, 0.15) is 5.75 Å². The Balaban J connectivity index is 2.15. The minimum absolute atomic E-state index is 0.0282. The van der Waals surface area contributed by atoms with Crippen LogP contribution in [-0.2, 0) is 9.59 Å². The van der Waals surface area contributed by atoms with Gasteiger partial charge in [0.25, 0.3) is 0 Å². The molecule has 1 aromatic carbocycles. The topological polar surface area (TPSA) is 58.6 Å². The van der Waals surface area contributed by atoms with E-state index in [0.29, 0.717) is 30.8 Å². The highest BCUT2D eigenvalue weighted by atomic mass is 16.5. The molecule has 22 heavy (non-hydrogen) atoms. The first-order chi connectivity index (χ1) is 10.3. The summed E-state index contributed by atoms with van der Waals surface area (Å²) in [5, 5.41) is 2.88. The number of anilines is 2. The van der Waals surface area contributed by atoms with Crippen LogP contribution >= 0.6 is 0 Å². The van der Waals surface area contributed by atoms with E-state index in [1.807, 2.05) is 32.9 Å². The van der Waals surface area contributed by atoms with Crippen LogP contribution in [0.25, 0.3) is 0 Å². The lowest BCUT2D eigenvalue weighted by Gasteiger charge is -2.20. The van der Waals surface area contributed by atoms with Crippen molar-refractivity contribution in [1.82, 2.24) is 0 Å². The maximum atomic E-state index is 12.0. The fraction of sp³-hybridized carbons (Fsp3) is 0.529. The van der Waals surface area contributed by atoms with Gasteiger partial charge in [0.05, 0.1) is 12.8 Å². The lowest BCUT2D eigenvalue weighted by Crippen LogP contribution is -2.24. The van der Waals surface area contributed by atoms with E-state index in [1.54, 1.807) is 18.1 Å². The largest absolute Gasteiger partial charge is 0.494 e. The van der Waals surface area contributed by atoms with E-state index >= 15 is 0 Å². The fourth-order valence-corrected chi connectivity index (χ4v) is 2.57. The van der Waals surface area contributed by atoms with E-state index in [-0.39, 0.29) is 17.2 Å². The van der Waals surface area contributed by atoms with E-state index in [2.05, 4.69) is 5.32 Å². The molecule has 1 heterocycles.